The van der Waals surface area contributed by atoms with Crippen LogP contribution in [0.5, 0.6) is 5.75 Å². The van der Waals surface area contributed by atoms with E-state index >= 15 is 0 Å². The van der Waals surface area contributed by atoms with Crippen LogP contribution in [0.1, 0.15) is 25.7 Å². The Hall–Kier alpha value is -0.250. The largest absolute Gasteiger partial charge is 0.494 e. The molecule has 0 aliphatic heterocycles. The highest BCUT2D eigenvalue weighted by Gasteiger charge is 1.93. The van der Waals surface area contributed by atoms with E-state index in [1.807, 2.05) is 12.1 Å². The molecule has 0 aromatic heterocycles. The van der Waals surface area contributed by atoms with Crippen LogP contribution in [-0.2, 0) is 0 Å². The Morgan fingerprint density at radius 2 is 1.79 bits per heavy atom. The van der Waals surface area contributed by atoms with Gasteiger partial charge in [0.15, 0.2) is 0 Å². The molecule has 0 amide bonds. The molecule has 0 atom stereocenters. The zero-order chi connectivity index (χ0) is 10.2. The minimum absolute atomic E-state index is 0.820. The zero-order valence-corrected chi connectivity index (χ0v) is 10.5. The van der Waals surface area contributed by atoms with Crippen LogP contribution in [0, 0.1) is 10.5 Å². The first-order chi connectivity index (χ1) is 6.83. The Labute approximate surface area is 100.0 Å². The van der Waals surface area contributed by atoms with Crippen LogP contribution in [0.4, 0.5) is 0 Å². The first-order valence-corrected chi connectivity index (χ1v) is 6.08. The van der Waals surface area contributed by atoms with Crippen molar-refractivity contribution in [3.63, 3.8) is 0 Å². The number of hydrogen-bond acceptors (Lipinski definition) is 1. The molecule has 2 heteroatoms. The van der Waals surface area contributed by atoms with E-state index in [-0.39, 0.29) is 0 Å². The van der Waals surface area contributed by atoms with Gasteiger partial charge in [0, 0.05) is 3.57 Å². The highest BCUT2D eigenvalue weighted by molar-refractivity contribution is 14.1. The third kappa shape index (κ3) is 4.84. The van der Waals surface area contributed by atoms with E-state index in [1.165, 1.54) is 16.4 Å². The minimum Gasteiger partial charge on any atom is -0.494 e. The van der Waals surface area contributed by atoms with E-state index in [1.54, 1.807) is 0 Å². The van der Waals surface area contributed by atoms with Gasteiger partial charge in [0.25, 0.3) is 0 Å². The van der Waals surface area contributed by atoms with Crippen LogP contribution < -0.4 is 4.74 Å². The highest BCUT2D eigenvalue weighted by Crippen LogP contribution is 2.13. The van der Waals surface area contributed by atoms with Crippen LogP contribution in [0.2, 0.25) is 0 Å². The molecule has 1 aromatic rings. The summed E-state index contributed by atoms with van der Waals surface area (Å²) >= 11 is 2.29. The molecule has 0 heterocycles. The van der Waals surface area contributed by atoms with E-state index in [9.17, 15) is 0 Å². The molecule has 1 nitrogen and oxygen atoms in total. The van der Waals surface area contributed by atoms with Crippen molar-refractivity contribution in [2.75, 3.05) is 6.61 Å². The Balaban J connectivity index is 2.15. The van der Waals surface area contributed by atoms with Crippen molar-refractivity contribution in [1.29, 1.82) is 0 Å². The van der Waals surface area contributed by atoms with Gasteiger partial charge in [-0.2, -0.15) is 0 Å². The number of hydrogen-bond donors (Lipinski definition) is 0. The van der Waals surface area contributed by atoms with Gasteiger partial charge in [-0.1, -0.05) is 26.2 Å². The predicted octanol–water partition coefficient (Wildman–Crippen LogP) is 4.06. The minimum atomic E-state index is 0.820. The third-order valence-electron chi connectivity index (χ3n) is 1.98. The lowest BCUT2D eigenvalue weighted by atomic mass is 10.2. The Morgan fingerprint density at radius 1 is 1.07 bits per heavy atom. The summed E-state index contributed by atoms with van der Waals surface area (Å²) in [5, 5.41) is 0. The van der Waals surface area contributed by atoms with Crippen LogP contribution in [0.25, 0.3) is 0 Å². The van der Waals surface area contributed by atoms with E-state index in [2.05, 4.69) is 41.6 Å². The molecule has 14 heavy (non-hydrogen) atoms. The average Bonchev–Trinajstić information content (AvgIpc) is 2.21. The molecule has 0 aliphatic carbocycles. The Morgan fingerprint density at radius 3 is 2.43 bits per heavy atom. The first-order valence-electron chi connectivity index (χ1n) is 5.00. The normalized spacial score (nSPS) is 10.1. The van der Waals surface area contributed by atoms with E-state index < -0.39 is 0 Å². The van der Waals surface area contributed by atoms with Crippen molar-refractivity contribution in [1.82, 2.24) is 0 Å². The lowest BCUT2D eigenvalue weighted by Crippen LogP contribution is -1.96. The summed E-state index contributed by atoms with van der Waals surface area (Å²) in [4.78, 5) is 0. The van der Waals surface area contributed by atoms with Crippen LogP contribution >= 0.6 is 22.6 Å². The quantitative estimate of drug-likeness (QED) is 0.569. The number of rotatable bonds is 6. The lowest BCUT2D eigenvalue weighted by Gasteiger charge is -2.05. The summed E-state index contributed by atoms with van der Waals surface area (Å²) in [6.07, 6.45) is 4.58. The van der Waals surface area contributed by atoms with Crippen LogP contribution in [-0.4, -0.2) is 6.61 Å². The predicted molar refractivity (Wildman–Crippen MR) is 68.5 cm³/mol. The van der Waals surface area contributed by atoms with Gasteiger partial charge < -0.3 is 4.74 Å². The van der Waals surface area contributed by atoms with Crippen molar-refractivity contribution in [3.8, 4) is 5.75 Å². The second kappa shape index (κ2) is 7.10. The topological polar surface area (TPSA) is 9.23 Å². The SMILES string of the molecule is [CH2]CCCCCOc1ccc(I)cc1. The highest BCUT2D eigenvalue weighted by atomic mass is 127. The molecule has 0 saturated heterocycles. The summed E-state index contributed by atoms with van der Waals surface area (Å²) < 4.78 is 6.83. The molecule has 0 unspecified atom stereocenters. The molecular formula is C12H16IO. The summed E-state index contributed by atoms with van der Waals surface area (Å²) in [6.45, 7) is 4.63. The van der Waals surface area contributed by atoms with E-state index in [0.717, 1.165) is 25.2 Å². The van der Waals surface area contributed by atoms with Crippen LogP contribution in [0.15, 0.2) is 24.3 Å². The van der Waals surface area contributed by atoms with Gasteiger partial charge in [0.1, 0.15) is 5.75 Å². The third-order valence-corrected chi connectivity index (χ3v) is 2.70. The van der Waals surface area contributed by atoms with Crippen molar-refractivity contribution in [2.24, 2.45) is 0 Å². The van der Waals surface area contributed by atoms with Crippen molar-refractivity contribution in [3.05, 3.63) is 34.8 Å². The monoisotopic (exact) mass is 303 g/mol. The van der Waals surface area contributed by atoms with Gasteiger partial charge >= 0.3 is 0 Å². The van der Waals surface area contributed by atoms with Gasteiger partial charge in [-0.25, -0.2) is 0 Å². The number of benzene rings is 1. The summed E-state index contributed by atoms with van der Waals surface area (Å²) in [5.41, 5.74) is 0. The second-order valence-corrected chi connectivity index (χ2v) is 4.46. The van der Waals surface area contributed by atoms with Crippen LogP contribution in [0.3, 0.4) is 0 Å². The van der Waals surface area contributed by atoms with Gasteiger partial charge in [0.2, 0.25) is 0 Å². The molecule has 0 saturated carbocycles. The molecule has 0 aliphatic rings. The molecule has 0 N–H and O–H groups in total. The summed E-state index contributed by atoms with van der Waals surface area (Å²) in [5.74, 6) is 0.972. The fraction of sp³-hybridized carbons (Fsp3) is 0.417. The maximum Gasteiger partial charge on any atom is 0.119 e. The molecule has 1 aromatic carbocycles. The first kappa shape index (κ1) is 11.8. The fourth-order valence-corrected chi connectivity index (χ4v) is 1.54. The molecule has 0 bridgehead atoms. The maximum atomic E-state index is 5.58. The van der Waals surface area contributed by atoms with E-state index in [0.29, 0.717) is 0 Å². The van der Waals surface area contributed by atoms with Gasteiger partial charge in [-0.3, -0.25) is 0 Å². The smallest absolute Gasteiger partial charge is 0.119 e. The molecule has 0 fully saturated rings. The zero-order valence-electron chi connectivity index (χ0n) is 8.34. The standard InChI is InChI=1S/C12H16IO/c1-2-3-4-5-10-14-12-8-6-11(13)7-9-12/h6-9H,1-5,10H2. The average molecular weight is 303 g/mol. The van der Waals surface area contributed by atoms with E-state index in [4.69, 9.17) is 4.74 Å². The summed E-state index contributed by atoms with van der Waals surface area (Å²) in [7, 11) is 0. The van der Waals surface area contributed by atoms with Crippen molar-refractivity contribution >= 4 is 22.6 Å². The maximum absolute atomic E-state index is 5.58. The second-order valence-electron chi connectivity index (χ2n) is 3.22. The fourth-order valence-electron chi connectivity index (χ4n) is 1.18. The molecule has 77 valence electrons. The Kier molecular flexibility index (Phi) is 5.99. The number of unbranched alkanes of at least 4 members (excludes halogenated alkanes) is 3. The van der Waals surface area contributed by atoms with Gasteiger partial charge in [0.05, 0.1) is 6.61 Å². The lowest BCUT2D eigenvalue weighted by molar-refractivity contribution is 0.305. The molecular weight excluding hydrogens is 287 g/mol. The van der Waals surface area contributed by atoms with Gasteiger partial charge in [-0.15, -0.1) is 0 Å². The van der Waals surface area contributed by atoms with Crippen molar-refractivity contribution < 1.29 is 4.74 Å². The van der Waals surface area contributed by atoms with Gasteiger partial charge in [-0.05, 0) is 53.3 Å². The number of ether oxygens (including phenoxy) is 1. The molecule has 1 radical (unpaired) electrons. The summed E-state index contributed by atoms with van der Waals surface area (Å²) in [6, 6.07) is 8.16. The molecule has 1 rings (SSSR count). The Bertz CT molecular complexity index is 243. The van der Waals surface area contributed by atoms with Crippen molar-refractivity contribution in [2.45, 2.75) is 25.7 Å². The number of halogens is 1. The molecule has 0 spiro atoms.